The summed E-state index contributed by atoms with van der Waals surface area (Å²) in [5.41, 5.74) is 3.18. The van der Waals surface area contributed by atoms with Gasteiger partial charge in [0.15, 0.2) is 0 Å². The molecule has 1 nitrogen and oxygen atoms in total. The molecule has 0 amide bonds. The van der Waals surface area contributed by atoms with Gasteiger partial charge in [0.1, 0.15) is 5.78 Å². The van der Waals surface area contributed by atoms with Crippen molar-refractivity contribution < 1.29 is 4.79 Å². The van der Waals surface area contributed by atoms with Gasteiger partial charge < -0.3 is 0 Å². The lowest BCUT2D eigenvalue weighted by Crippen LogP contribution is -2.43. The van der Waals surface area contributed by atoms with Gasteiger partial charge in [-0.3, -0.25) is 4.79 Å². The van der Waals surface area contributed by atoms with Crippen molar-refractivity contribution in [2.45, 2.75) is 46.0 Å². The van der Waals surface area contributed by atoms with Gasteiger partial charge in [0.25, 0.3) is 0 Å². The molecule has 0 saturated heterocycles. The van der Waals surface area contributed by atoms with Crippen molar-refractivity contribution in [3.8, 4) is 0 Å². The molecule has 4 rings (SSSR count). The standard InChI is InChI=1S/C18H22O/c1-17(2)14-7-8-18(17,16(19)11-14)15-9-12-5-3-4-6-13(12)10-15/h3-6,14-15H,7-11H2,1-2H3. The number of hydrogen-bond donors (Lipinski definition) is 0. The summed E-state index contributed by atoms with van der Waals surface area (Å²) in [7, 11) is 0. The van der Waals surface area contributed by atoms with Crippen molar-refractivity contribution in [2.24, 2.45) is 22.7 Å². The summed E-state index contributed by atoms with van der Waals surface area (Å²) in [6.07, 6.45) is 5.50. The molecule has 100 valence electrons. The van der Waals surface area contributed by atoms with Gasteiger partial charge in [0, 0.05) is 11.8 Å². The van der Waals surface area contributed by atoms with Gasteiger partial charge in [-0.2, -0.15) is 0 Å². The highest BCUT2D eigenvalue weighted by atomic mass is 16.1. The number of carbonyl (C=O) groups is 1. The van der Waals surface area contributed by atoms with Crippen LogP contribution >= 0.6 is 0 Å². The maximum Gasteiger partial charge on any atom is 0.140 e. The van der Waals surface area contributed by atoms with Crippen molar-refractivity contribution in [1.82, 2.24) is 0 Å². The Balaban J connectivity index is 1.76. The molecule has 3 aliphatic rings. The van der Waals surface area contributed by atoms with E-state index in [4.69, 9.17) is 0 Å². The van der Waals surface area contributed by atoms with Crippen LogP contribution in [0.5, 0.6) is 0 Å². The lowest BCUT2D eigenvalue weighted by atomic mass is 9.60. The zero-order chi connectivity index (χ0) is 13.3. The largest absolute Gasteiger partial charge is 0.299 e. The quantitative estimate of drug-likeness (QED) is 0.745. The summed E-state index contributed by atoms with van der Waals surface area (Å²) < 4.78 is 0. The summed E-state index contributed by atoms with van der Waals surface area (Å²) in [5, 5.41) is 0. The van der Waals surface area contributed by atoms with Crippen LogP contribution in [0.2, 0.25) is 0 Å². The lowest BCUT2D eigenvalue weighted by molar-refractivity contribution is -0.133. The van der Waals surface area contributed by atoms with E-state index in [2.05, 4.69) is 38.1 Å². The van der Waals surface area contributed by atoms with E-state index in [1.54, 1.807) is 0 Å². The number of hydrogen-bond acceptors (Lipinski definition) is 1. The molecule has 2 bridgehead atoms. The molecule has 0 aliphatic heterocycles. The van der Waals surface area contributed by atoms with Crippen LogP contribution in [0.15, 0.2) is 24.3 Å². The van der Waals surface area contributed by atoms with Gasteiger partial charge >= 0.3 is 0 Å². The fourth-order valence-corrected chi connectivity index (χ4v) is 5.58. The van der Waals surface area contributed by atoms with Gasteiger partial charge in [0.05, 0.1) is 0 Å². The first-order valence-electron chi connectivity index (χ1n) is 7.66. The molecule has 0 aromatic heterocycles. The third-order valence-electron chi connectivity index (χ3n) is 6.73. The zero-order valence-corrected chi connectivity index (χ0v) is 11.9. The Labute approximate surface area is 115 Å². The van der Waals surface area contributed by atoms with E-state index >= 15 is 0 Å². The molecule has 0 heterocycles. The number of ketones is 1. The first-order chi connectivity index (χ1) is 9.05. The van der Waals surface area contributed by atoms with E-state index in [1.165, 1.54) is 17.5 Å². The maximum absolute atomic E-state index is 12.7. The minimum atomic E-state index is -0.0172. The first-order valence-corrected chi connectivity index (χ1v) is 7.66. The average Bonchev–Trinajstić information content (AvgIpc) is 2.96. The molecule has 2 fully saturated rings. The van der Waals surface area contributed by atoms with Crippen LogP contribution in [0.3, 0.4) is 0 Å². The Morgan fingerprint density at radius 3 is 2.11 bits per heavy atom. The SMILES string of the molecule is CC1(C)C2CCC1(C1Cc3ccccc3C1)C(=O)C2. The number of rotatable bonds is 1. The van der Waals surface area contributed by atoms with Crippen molar-refractivity contribution >= 4 is 5.78 Å². The topological polar surface area (TPSA) is 17.1 Å². The van der Waals surface area contributed by atoms with Crippen LogP contribution < -0.4 is 0 Å². The van der Waals surface area contributed by atoms with E-state index in [0.29, 0.717) is 17.6 Å². The Morgan fingerprint density at radius 2 is 1.63 bits per heavy atom. The van der Waals surface area contributed by atoms with Gasteiger partial charge in [-0.25, -0.2) is 0 Å². The summed E-state index contributed by atoms with van der Waals surface area (Å²) in [4.78, 5) is 12.7. The average molecular weight is 254 g/mol. The minimum absolute atomic E-state index is 0.0172. The Morgan fingerprint density at radius 1 is 1.00 bits per heavy atom. The number of carbonyl (C=O) groups excluding carboxylic acids is 1. The summed E-state index contributed by atoms with van der Waals surface area (Å²) in [6.45, 7) is 4.72. The Kier molecular flexibility index (Phi) is 2.16. The number of benzene rings is 1. The van der Waals surface area contributed by atoms with E-state index in [0.717, 1.165) is 25.7 Å². The molecule has 1 aromatic carbocycles. The monoisotopic (exact) mass is 254 g/mol. The van der Waals surface area contributed by atoms with E-state index < -0.39 is 0 Å². The van der Waals surface area contributed by atoms with Gasteiger partial charge in [-0.15, -0.1) is 0 Å². The fourth-order valence-electron chi connectivity index (χ4n) is 5.58. The molecule has 2 unspecified atom stereocenters. The second kappa shape index (κ2) is 3.50. The third-order valence-corrected chi connectivity index (χ3v) is 6.73. The van der Waals surface area contributed by atoms with Crippen molar-refractivity contribution in [3.05, 3.63) is 35.4 Å². The molecular formula is C18H22O. The second-order valence-corrected chi connectivity index (χ2v) is 7.43. The van der Waals surface area contributed by atoms with Crippen LogP contribution in [0, 0.1) is 22.7 Å². The predicted molar refractivity (Wildman–Crippen MR) is 75.9 cm³/mol. The lowest BCUT2D eigenvalue weighted by Gasteiger charge is -2.41. The first kappa shape index (κ1) is 11.7. The molecule has 2 saturated carbocycles. The van der Waals surface area contributed by atoms with Gasteiger partial charge in [-0.1, -0.05) is 38.1 Å². The molecule has 19 heavy (non-hydrogen) atoms. The van der Waals surface area contributed by atoms with Crippen LogP contribution in [0.1, 0.15) is 44.2 Å². The van der Waals surface area contributed by atoms with E-state index in [-0.39, 0.29) is 10.8 Å². The number of fused-ring (bicyclic) bond motifs is 3. The smallest absolute Gasteiger partial charge is 0.140 e. The molecule has 2 atom stereocenters. The summed E-state index contributed by atoms with van der Waals surface area (Å²) in [5.74, 6) is 1.77. The van der Waals surface area contributed by atoms with Crippen LogP contribution in [-0.4, -0.2) is 5.78 Å². The fraction of sp³-hybridized carbons (Fsp3) is 0.611. The summed E-state index contributed by atoms with van der Waals surface area (Å²) in [6, 6.07) is 8.78. The predicted octanol–water partition coefficient (Wildman–Crippen LogP) is 3.80. The van der Waals surface area contributed by atoms with Gasteiger partial charge in [-0.05, 0) is 54.1 Å². The Bertz CT molecular complexity index is 532. The molecule has 0 spiro atoms. The highest BCUT2D eigenvalue weighted by Gasteiger charge is 2.67. The van der Waals surface area contributed by atoms with Crippen LogP contribution in [0.4, 0.5) is 0 Å². The third kappa shape index (κ3) is 1.24. The van der Waals surface area contributed by atoms with Crippen LogP contribution in [0.25, 0.3) is 0 Å². The van der Waals surface area contributed by atoms with Gasteiger partial charge in [0.2, 0.25) is 0 Å². The molecular weight excluding hydrogens is 232 g/mol. The molecule has 0 N–H and O–H groups in total. The number of Topliss-reactive ketones (excluding diaryl/α,β-unsaturated/α-hetero) is 1. The summed E-state index contributed by atoms with van der Waals surface area (Å²) >= 11 is 0. The highest BCUT2D eigenvalue weighted by Crippen LogP contribution is 2.68. The van der Waals surface area contributed by atoms with Crippen molar-refractivity contribution in [2.75, 3.05) is 0 Å². The van der Waals surface area contributed by atoms with E-state index in [9.17, 15) is 4.79 Å². The van der Waals surface area contributed by atoms with Crippen LogP contribution in [-0.2, 0) is 17.6 Å². The van der Waals surface area contributed by atoms with Crippen molar-refractivity contribution in [3.63, 3.8) is 0 Å². The molecule has 1 aromatic rings. The molecule has 1 heteroatoms. The van der Waals surface area contributed by atoms with Crippen molar-refractivity contribution in [1.29, 1.82) is 0 Å². The second-order valence-electron chi connectivity index (χ2n) is 7.43. The zero-order valence-electron chi connectivity index (χ0n) is 11.9. The Hall–Kier alpha value is -1.11. The molecule has 0 radical (unpaired) electrons. The normalized spacial score (nSPS) is 35.9. The molecule has 3 aliphatic carbocycles. The maximum atomic E-state index is 12.7. The minimum Gasteiger partial charge on any atom is -0.299 e. The highest BCUT2D eigenvalue weighted by molar-refractivity contribution is 5.90. The van der Waals surface area contributed by atoms with E-state index in [1.807, 2.05) is 0 Å².